The van der Waals surface area contributed by atoms with E-state index in [1.54, 1.807) is 22.9 Å². The van der Waals surface area contributed by atoms with Crippen molar-refractivity contribution < 1.29 is 9.13 Å². The fraction of sp³-hybridized carbons (Fsp3) is 0.350. The van der Waals surface area contributed by atoms with Crippen molar-refractivity contribution in [3.8, 4) is 11.6 Å². The van der Waals surface area contributed by atoms with E-state index >= 15 is 0 Å². The lowest BCUT2D eigenvalue weighted by Crippen LogP contribution is -2.16. The average Bonchev–Trinajstić information content (AvgIpc) is 3.31. The lowest BCUT2D eigenvalue weighted by atomic mass is 9.87. The van der Waals surface area contributed by atoms with Crippen LogP contribution in [0.2, 0.25) is 0 Å². The molecule has 0 aliphatic carbocycles. The van der Waals surface area contributed by atoms with E-state index in [1.807, 2.05) is 13.0 Å². The minimum Gasteiger partial charge on any atom is -0.469 e. The molecule has 0 aliphatic rings. The fourth-order valence-electron chi connectivity index (χ4n) is 3.07. The number of aromatic nitrogens is 7. The minimum atomic E-state index is -0.403. The third-order valence-electron chi connectivity index (χ3n) is 4.61. The lowest BCUT2D eigenvalue weighted by Gasteiger charge is -2.21. The zero-order chi connectivity index (χ0) is 20.6. The number of ether oxygens (including phenoxy) is 1. The number of aryl methyl sites for hydroxylation is 1. The second-order valence-electron chi connectivity index (χ2n) is 7.67. The van der Waals surface area contributed by atoms with Crippen LogP contribution in [0.3, 0.4) is 0 Å². The number of fused-ring (bicyclic) bond motifs is 1. The molecule has 0 unspecified atom stereocenters. The van der Waals surface area contributed by atoms with Gasteiger partial charge in [0.05, 0.1) is 0 Å². The number of hydrogen-bond donors (Lipinski definition) is 0. The monoisotopic (exact) mass is 395 g/mol. The number of benzene rings is 1. The molecule has 29 heavy (non-hydrogen) atoms. The Labute approximate surface area is 167 Å². The summed E-state index contributed by atoms with van der Waals surface area (Å²) in [5.74, 6) is 0.741. The van der Waals surface area contributed by atoms with Gasteiger partial charge in [0.25, 0.3) is 0 Å². The summed E-state index contributed by atoms with van der Waals surface area (Å²) in [6.07, 6.45) is 1.50. The van der Waals surface area contributed by atoms with Crippen LogP contribution in [0.4, 0.5) is 4.39 Å². The first-order valence-corrected chi connectivity index (χ1v) is 9.40. The highest BCUT2D eigenvalue weighted by molar-refractivity contribution is 5.74. The van der Waals surface area contributed by atoms with Crippen molar-refractivity contribution >= 4 is 11.2 Å². The molecule has 0 aliphatic heterocycles. The topological polar surface area (TPSA) is 83.5 Å². The molecule has 0 fully saturated rings. The second-order valence-corrected chi connectivity index (χ2v) is 7.67. The van der Waals surface area contributed by atoms with Crippen LogP contribution in [-0.4, -0.2) is 34.7 Å². The van der Waals surface area contributed by atoms with Gasteiger partial charge >= 0.3 is 0 Å². The maximum Gasteiger partial charge on any atom is 0.219 e. The van der Waals surface area contributed by atoms with E-state index in [4.69, 9.17) is 4.74 Å². The first kappa shape index (κ1) is 19.0. The molecular weight excluding hydrogens is 373 g/mol. The van der Waals surface area contributed by atoms with Crippen LogP contribution in [0.25, 0.3) is 16.9 Å². The quantitative estimate of drug-likeness (QED) is 0.515. The predicted molar refractivity (Wildman–Crippen MR) is 105 cm³/mol. The highest BCUT2D eigenvalue weighted by Crippen LogP contribution is 2.33. The molecule has 9 heteroatoms. The van der Waals surface area contributed by atoms with E-state index < -0.39 is 5.82 Å². The zero-order valence-electron chi connectivity index (χ0n) is 16.8. The van der Waals surface area contributed by atoms with Gasteiger partial charge in [-0.3, -0.25) is 0 Å². The number of pyridine rings is 1. The summed E-state index contributed by atoms with van der Waals surface area (Å²) >= 11 is 0. The number of rotatable bonds is 5. The van der Waals surface area contributed by atoms with Crippen molar-refractivity contribution in [1.29, 1.82) is 0 Å². The normalized spacial score (nSPS) is 11.9. The van der Waals surface area contributed by atoms with Gasteiger partial charge in [-0.25, -0.2) is 14.1 Å². The Morgan fingerprint density at radius 2 is 1.97 bits per heavy atom. The molecule has 8 nitrogen and oxygen atoms in total. The molecule has 0 bridgehead atoms. The number of hydrogen-bond acceptors (Lipinski definition) is 6. The van der Waals surface area contributed by atoms with Gasteiger partial charge in [0.15, 0.2) is 11.5 Å². The molecular formula is C20H22FN7O. The van der Waals surface area contributed by atoms with Crippen LogP contribution in [0.15, 0.2) is 36.7 Å². The number of nitrogens with zero attached hydrogens (tertiary/aromatic N) is 7. The molecule has 1 aromatic carbocycles. The van der Waals surface area contributed by atoms with E-state index in [2.05, 4.69) is 46.1 Å². The van der Waals surface area contributed by atoms with E-state index in [1.165, 1.54) is 17.1 Å². The molecule has 3 heterocycles. The predicted octanol–water partition coefficient (Wildman–Crippen LogP) is 3.44. The molecule has 4 aromatic rings. The largest absolute Gasteiger partial charge is 0.469 e. The first-order chi connectivity index (χ1) is 13.9. The maximum absolute atomic E-state index is 14.3. The third-order valence-corrected chi connectivity index (χ3v) is 4.61. The van der Waals surface area contributed by atoms with Crippen molar-refractivity contribution in [1.82, 2.24) is 34.7 Å². The molecule has 0 spiro atoms. The highest BCUT2D eigenvalue weighted by Gasteiger charge is 2.24. The second kappa shape index (κ2) is 7.23. The Morgan fingerprint density at radius 3 is 2.69 bits per heavy atom. The van der Waals surface area contributed by atoms with Crippen molar-refractivity contribution in [2.24, 2.45) is 0 Å². The first-order valence-electron chi connectivity index (χ1n) is 9.40. The Hall–Kier alpha value is -3.36. The molecule has 0 atom stereocenters. The summed E-state index contributed by atoms with van der Waals surface area (Å²) in [5, 5.41) is 12.5. The summed E-state index contributed by atoms with van der Waals surface area (Å²) < 4.78 is 23.5. The van der Waals surface area contributed by atoms with Crippen LogP contribution >= 0.6 is 0 Å². The van der Waals surface area contributed by atoms with Crippen LogP contribution < -0.4 is 4.74 Å². The lowest BCUT2D eigenvalue weighted by molar-refractivity contribution is 0.269. The van der Waals surface area contributed by atoms with E-state index in [9.17, 15) is 4.39 Å². The summed E-state index contributed by atoms with van der Waals surface area (Å²) in [6.45, 7) is 9.11. The van der Waals surface area contributed by atoms with E-state index in [-0.39, 0.29) is 17.7 Å². The third kappa shape index (κ3) is 3.55. The summed E-state index contributed by atoms with van der Waals surface area (Å²) in [4.78, 5) is 8.91. The Morgan fingerprint density at radius 1 is 1.17 bits per heavy atom. The summed E-state index contributed by atoms with van der Waals surface area (Å²) in [5.41, 5.74) is 1.92. The molecule has 4 rings (SSSR count). The molecule has 0 saturated heterocycles. The molecule has 0 radical (unpaired) electrons. The van der Waals surface area contributed by atoms with Gasteiger partial charge < -0.3 is 4.74 Å². The van der Waals surface area contributed by atoms with E-state index in [0.29, 0.717) is 29.4 Å². The Kier molecular flexibility index (Phi) is 4.73. The van der Waals surface area contributed by atoms with Gasteiger partial charge in [-0.05, 0) is 30.5 Å². The highest BCUT2D eigenvalue weighted by atomic mass is 19.1. The van der Waals surface area contributed by atoms with E-state index in [0.717, 1.165) is 5.56 Å². The van der Waals surface area contributed by atoms with Crippen LogP contribution in [0.1, 0.15) is 39.1 Å². The van der Waals surface area contributed by atoms with Gasteiger partial charge in [-0.15, -0.1) is 5.10 Å². The number of halogens is 1. The molecule has 3 aromatic heterocycles. The van der Waals surface area contributed by atoms with Crippen molar-refractivity contribution in [3.63, 3.8) is 0 Å². The minimum absolute atomic E-state index is 0.219. The smallest absolute Gasteiger partial charge is 0.219 e. The Balaban J connectivity index is 1.80. The average molecular weight is 395 g/mol. The zero-order valence-corrected chi connectivity index (χ0v) is 16.8. The van der Waals surface area contributed by atoms with Crippen molar-refractivity contribution in [2.45, 2.75) is 46.3 Å². The van der Waals surface area contributed by atoms with Gasteiger partial charge in [-0.2, -0.15) is 14.8 Å². The van der Waals surface area contributed by atoms with Crippen LogP contribution in [-0.2, 0) is 18.6 Å². The molecule has 150 valence electrons. The Bertz CT molecular complexity index is 1160. The van der Waals surface area contributed by atoms with Crippen LogP contribution in [0.5, 0.6) is 5.88 Å². The van der Waals surface area contributed by atoms with Gasteiger partial charge in [-0.1, -0.05) is 38.1 Å². The standard InChI is InChI=1S/C20H22FN7O/c1-5-27-17(22-12-23-27)11-29-19-13(20(2,3)4)10-15-18(24-19)28(26-25-15)16-9-7-6-8-14(16)21/h6-10,12H,5,11H2,1-4H3. The number of para-hydroxylation sites is 1. The maximum atomic E-state index is 14.3. The van der Waals surface area contributed by atoms with Gasteiger partial charge in [0, 0.05) is 12.1 Å². The van der Waals surface area contributed by atoms with Gasteiger partial charge in [0.2, 0.25) is 5.88 Å². The molecule has 0 N–H and O–H groups in total. The van der Waals surface area contributed by atoms with Crippen LogP contribution in [0, 0.1) is 5.82 Å². The molecule has 0 amide bonds. The van der Waals surface area contributed by atoms with Crippen molar-refractivity contribution in [3.05, 3.63) is 53.9 Å². The SMILES string of the molecule is CCn1ncnc1COc1nc2c(cc1C(C)(C)C)nnn2-c1ccccc1F. The van der Waals surface area contributed by atoms with Gasteiger partial charge in [0.1, 0.15) is 30.0 Å². The summed E-state index contributed by atoms with van der Waals surface area (Å²) in [6, 6.07) is 8.27. The molecule has 0 saturated carbocycles. The fourth-order valence-corrected chi connectivity index (χ4v) is 3.07. The summed E-state index contributed by atoms with van der Waals surface area (Å²) in [7, 11) is 0. The van der Waals surface area contributed by atoms with Crippen molar-refractivity contribution in [2.75, 3.05) is 0 Å².